The normalized spacial score (nSPS) is 19.8. The van der Waals surface area contributed by atoms with E-state index < -0.39 is 29.3 Å². The molecule has 2 fully saturated rings. The maximum absolute atomic E-state index is 14.8. The number of likely N-dealkylation sites (tertiary alicyclic amines) is 2. The van der Waals surface area contributed by atoms with Crippen molar-refractivity contribution in [2.45, 2.75) is 44.9 Å². The molecule has 2 saturated heterocycles. The Kier molecular flexibility index (Phi) is 7.71. The molecule has 8 heteroatoms. The summed E-state index contributed by atoms with van der Waals surface area (Å²) < 4.78 is 49.2. The molecule has 0 aromatic heterocycles. The maximum Gasteiger partial charge on any atom is 0.256 e. The molecule has 0 aliphatic carbocycles. The predicted molar refractivity (Wildman–Crippen MR) is 128 cm³/mol. The van der Waals surface area contributed by atoms with Gasteiger partial charge in [0.2, 0.25) is 0 Å². The number of benzene rings is 2. The highest BCUT2D eigenvalue weighted by atomic mass is 19.1. The van der Waals surface area contributed by atoms with Gasteiger partial charge in [-0.1, -0.05) is 6.07 Å². The third kappa shape index (κ3) is 6.55. The SMILES string of the molecule is CC(C)(F)CN1CCC(COc2ccc(-c3ccc(C(=O)N4CC[C@@H](O)C4)c(F)c3)c(F)c2)CC1. The van der Waals surface area contributed by atoms with Crippen LogP contribution in [0, 0.1) is 17.6 Å². The number of halogens is 3. The Labute approximate surface area is 204 Å². The molecule has 4 rings (SSSR count). The largest absolute Gasteiger partial charge is 0.493 e. The number of alkyl halides is 1. The van der Waals surface area contributed by atoms with Gasteiger partial charge in [0, 0.05) is 31.3 Å². The summed E-state index contributed by atoms with van der Waals surface area (Å²) in [6.07, 6.45) is 1.69. The van der Waals surface area contributed by atoms with E-state index in [1.807, 2.05) is 0 Å². The third-order valence-corrected chi connectivity index (χ3v) is 6.69. The highest BCUT2D eigenvalue weighted by Gasteiger charge is 2.28. The molecule has 0 saturated carbocycles. The zero-order valence-corrected chi connectivity index (χ0v) is 20.3. The second-order valence-electron chi connectivity index (χ2n) is 10.3. The Morgan fingerprint density at radius 3 is 2.40 bits per heavy atom. The van der Waals surface area contributed by atoms with Crippen molar-refractivity contribution in [3.05, 3.63) is 53.6 Å². The summed E-state index contributed by atoms with van der Waals surface area (Å²) >= 11 is 0. The first-order valence-corrected chi connectivity index (χ1v) is 12.2. The molecule has 1 amide bonds. The van der Waals surface area contributed by atoms with E-state index in [2.05, 4.69) is 4.90 Å². The van der Waals surface area contributed by atoms with Crippen LogP contribution in [0.5, 0.6) is 5.75 Å². The number of piperidine rings is 1. The maximum atomic E-state index is 14.8. The lowest BCUT2D eigenvalue weighted by molar-refractivity contribution is 0.0760. The van der Waals surface area contributed by atoms with Crippen LogP contribution in [-0.2, 0) is 0 Å². The standard InChI is InChI=1S/C27H33F3N2O3/c1-27(2,30)17-31-10-7-18(8-11-31)16-35-21-4-6-22(25(29)14-21)19-3-5-23(24(28)13-19)26(34)32-12-9-20(33)15-32/h3-6,13-14,18,20,33H,7-12,15-17H2,1-2H3/t20-/m1/s1. The van der Waals surface area contributed by atoms with E-state index in [0.717, 1.165) is 32.0 Å². The number of nitrogens with zero attached hydrogens (tertiary/aromatic N) is 2. The van der Waals surface area contributed by atoms with Gasteiger partial charge in [-0.3, -0.25) is 4.79 Å². The zero-order valence-electron chi connectivity index (χ0n) is 20.3. The summed E-state index contributed by atoms with van der Waals surface area (Å²) in [5.74, 6) is -1.01. The fourth-order valence-electron chi connectivity index (χ4n) is 4.83. The van der Waals surface area contributed by atoms with Gasteiger partial charge < -0.3 is 19.6 Å². The van der Waals surface area contributed by atoms with Crippen LogP contribution in [0.1, 0.15) is 43.5 Å². The van der Waals surface area contributed by atoms with Crippen molar-refractivity contribution < 1.29 is 27.8 Å². The first kappa shape index (κ1) is 25.5. The first-order valence-electron chi connectivity index (χ1n) is 12.2. The van der Waals surface area contributed by atoms with Gasteiger partial charge in [0.15, 0.2) is 0 Å². The minimum Gasteiger partial charge on any atom is -0.493 e. The minimum atomic E-state index is -1.21. The Morgan fingerprint density at radius 1 is 1.06 bits per heavy atom. The van der Waals surface area contributed by atoms with Crippen molar-refractivity contribution >= 4 is 5.91 Å². The molecule has 5 nitrogen and oxygen atoms in total. The van der Waals surface area contributed by atoms with Crippen molar-refractivity contribution in [1.82, 2.24) is 9.80 Å². The van der Waals surface area contributed by atoms with E-state index in [9.17, 15) is 23.1 Å². The third-order valence-electron chi connectivity index (χ3n) is 6.69. The molecule has 35 heavy (non-hydrogen) atoms. The Morgan fingerprint density at radius 2 is 1.80 bits per heavy atom. The Balaban J connectivity index is 1.34. The summed E-state index contributed by atoms with van der Waals surface area (Å²) in [5.41, 5.74) is -0.759. The van der Waals surface area contributed by atoms with Gasteiger partial charge in [-0.2, -0.15) is 0 Å². The lowest BCUT2D eigenvalue weighted by Crippen LogP contribution is -2.41. The van der Waals surface area contributed by atoms with Crippen LogP contribution in [0.15, 0.2) is 36.4 Å². The van der Waals surface area contributed by atoms with Crippen LogP contribution in [-0.4, -0.2) is 71.9 Å². The summed E-state index contributed by atoms with van der Waals surface area (Å²) in [6.45, 7) is 6.25. The number of hydrogen-bond acceptors (Lipinski definition) is 4. The lowest BCUT2D eigenvalue weighted by Gasteiger charge is -2.34. The van der Waals surface area contributed by atoms with E-state index >= 15 is 0 Å². The van der Waals surface area contributed by atoms with Crippen molar-refractivity contribution in [3.63, 3.8) is 0 Å². The smallest absolute Gasteiger partial charge is 0.256 e. The first-order chi connectivity index (χ1) is 16.6. The highest BCUT2D eigenvalue weighted by Crippen LogP contribution is 2.29. The summed E-state index contributed by atoms with van der Waals surface area (Å²) in [4.78, 5) is 16.1. The fraction of sp³-hybridized carbons (Fsp3) is 0.519. The molecule has 0 unspecified atom stereocenters. The number of β-amino-alcohol motifs (C(OH)–C–C–N with tert-alkyl or cyclic N) is 1. The lowest BCUT2D eigenvalue weighted by atomic mass is 9.97. The van der Waals surface area contributed by atoms with Gasteiger partial charge in [-0.15, -0.1) is 0 Å². The number of aliphatic hydroxyl groups excluding tert-OH is 1. The molecule has 2 aliphatic heterocycles. The van der Waals surface area contributed by atoms with Crippen LogP contribution in [0.25, 0.3) is 11.1 Å². The average Bonchev–Trinajstić information content (AvgIpc) is 3.23. The highest BCUT2D eigenvalue weighted by molar-refractivity contribution is 5.95. The van der Waals surface area contributed by atoms with E-state index in [1.165, 1.54) is 23.1 Å². The van der Waals surface area contributed by atoms with Gasteiger partial charge in [0.25, 0.3) is 5.91 Å². The van der Waals surface area contributed by atoms with E-state index in [1.54, 1.807) is 26.0 Å². The molecule has 1 atom stereocenters. The second kappa shape index (κ2) is 10.6. The molecule has 1 N–H and O–H groups in total. The Hall–Kier alpha value is -2.58. The van der Waals surface area contributed by atoms with E-state index in [-0.39, 0.29) is 17.7 Å². The van der Waals surface area contributed by atoms with Crippen LogP contribution < -0.4 is 4.74 Å². The van der Waals surface area contributed by atoms with Gasteiger partial charge in [0.1, 0.15) is 23.1 Å². The molecular weight excluding hydrogens is 457 g/mol. The number of rotatable bonds is 7. The molecule has 2 aromatic carbocycles. The number of hydrogen-bond donors (Lipinski definition) is 1. The van der Waals surface area contributed by atoms with Gasteiger partial charge in [-0.05, 0) is 81.9 Å². The van der Waals surface area contributed by atoms with Gasteiger partial charge >= 0.3 is 0 Å². The molecular formula is C27H33F3N2O3. The minimum absolute atomic E-state index is 0.0932. The molecule has 190 valence electrons. The van der Waals surface area contributed by atoms with E-state index in [0.29, 0.717) is 43.3 Å². The van der Waals surface area contributed by atoms with E-state index in [4.69, 9.17) is 4.74 Å². The number of ether oxygens (including phenoxy) is 1. The van der Waals surface area contributed by atoms with Gasteiger partial charge in [-0.25, -0.2) is 13.2 Å². The van der Waals surface area contributed by atoms with Crippen LogP contribution in [0.3, 0.4) is 0 Å². The molecule has 2 heterocycles. The zero-order chi connectivity index (χ0) is 25.2. The van der Waals surface area contributed by atoms with Gasteiger partial charge in [0.05, 0.1) is 18.3 Å². The quantitative estimate of drug-likeness (QED) is 0.613. The van der Waals surface area contributed by atoms with Crippen LogP contribution in [0.2, 0.25) is 0 Å². The van der Waals surface area contributed by atoms with Crippen molar-refractivity contribution in [1.29, 1.82) is 0 Å². The summed E-state index contributed by atoms with van der Waals surface area (Å²) in [5, 5.41) is 9.62. The molecule has 2 aromatic rings. The van der Waals surface area contributed by atoms with Crippen molar-refractivity contribution in [2.24, 2.45) is 5.92 Å². The topological polar surface area (TPSA) is 53.0 Å². The second-order valence-corrected chi connectivity index (χ2v) is 10.3. The molecule has 0 radical (unpaired) electrons. The number of aliphatic hydroxyl groups is 1. The van der Waals surface area contributed by atoms with Crippen LogP contribution >= 0.6 is 0 Å². The molecule has 0 bridgehead atoms. The molecule has 0 spiro atoms. The fourth-order valence-corrected chi connectivity index (χ4v) is 4.83. The van der Waals surface area contributed by atoms with Crippen molar-refractivity contribution in [2.75, 3.05) is 39.3 Å². The Bertz CT molecular complexity index is 1050. The predicted octanol–water partition coefficient (Wildman–Crippen LogP) is 4.68. The monoisotopic (exact) mass is 490 g/mol. The summed E-state index contributed by atoms with van der Waals surface area (Å²) in [7, 11) is 0. The van der Waals surface area contributed by atoms with Crippen molar-refractivity contribution in [3.8, 4) is 16.9 Å². The summed E-state index contributed by atoms with van der Waals surface area (Å²) in [6, 6.07) is 8.53. The number of amides is 1. The number of carbonyl (C=O) groups excluding carboxylic acids is 1. The van der Waals surface area contributed by atoms with Crippen LogP contribution in [0.4, 0.5) is 13.2 Å². The molecule has 2 aliphatic rings. The average molecular weight is 491 g/mol. The number of carbonyl (C=O) groups is 1.